The van der Waals surface area contributed by atoms with E-state index in [1.54, 1.807) is 6.92 Å². The van der Waals surface area contributed by atoms with Crippen LogP contribution in [0, 0.1) is 6.92 Å². The SMILES string of the molecule is C=C(c1ccc(C(C)=O)cc1)c1cc(C(C)C)c(OCC)cc1C.CC.CCC. The summed E-state index contributed by atoms with van der Waals surface area (Å²) in [5.41, 5.74) is 6.17. The molecule has 0 atom stereocenters. The molecule has 0 aliphatic carbocycles. The highest BCUT2D eigenvalue weighted by atomic mass is 16.5. The molecular weight excluding hydrogens is 356 g/mol. The number of rotatable bonds is 6. The Kier molecular flexibility index (Phi) is 12.6. The van der Waals surface area contributed by atoms with Gasteiger partial charge in [-0.15, -0.1) is 0 Å². The molecule has 0 heterocycles. The van der Waals surface area contributed by atoms with Crippen molar-refractivity contribution in [2.24, 2.45) is 0 Å². The average Bonchev–Trinajstić information content (AvgIpc) is 2.70. The van der Waals surface area contributed by atoms with Gasteiger partial charge in [-0.1, -0.05) is 78.8 Å². The predicted octanol–water partition coefficient (Wildman–Crippen LogP) is 8.22. The molecule has 2 aromatic rings. The number of Topliss-reactive ketones (excluding diaryl/α,β-unsaturated/α-hetero) is 1. The Morgan fingerprint density at radius 2 is 1.48 bits per heavy atom. The maximum absolute atomic E-state index is 11.4. The molecule has 29 heavy (non-hydrogen) atoms. The second-order valence-corrected chi connectivity index (χ2v) is 7.11. The van der Waals surface area contributed by atoms with Crippen LogP contribution in [0.5, 0.6) is 5.75 Å². The lowest BCUT2D eigenvalue weighted by Crippen LogP contribution is -2.02. The van der Waals surface area contributed by atoms with E-state index in [1.165, 1.54) is 12.0 Å². The molecule has 0 aliphatic rings. The summed E-state index contributed by atoms with van der Waals surface area (Å²) < 4.78 is 5.79. The topological polar surface area (TPSA) is 26.3 Å². The van der Waals surface area contributed by atoms with Crippen molar-refractivity contribution in [2.75, 3.05) is 6.61 Å². The van der Waals surface area contributed by atoms with Crippen molar-refractivity contribution in [3.8, 4) is 5.75 Å². The molecule has 0 saturated carbocycles. The first kappa shape index (κ1) is 26.6. The number of ether oxygens (including phenoxy) is 1. The van der Waals surface area contributed by atoms with Crippen LogP contribution >= 0.6 is 0 Å². The fourth-order valence-corrected chi connectivity index (χ4v) is 2.82. The van der Waals surface area contributed by atoms with Gasteiger partial charge in [0.05, 0.1) is 6.61 Å². The summed E-state index contributed by atoms with van der Waals surface area (Å²) in [6.45, 7) is 23.2. The van der Waals surface area contributed by atoms with E-state index in [0.717, 1.165) is 33.6 Å². The Morgan fingerprint density at radius 1 is 1.00 bits per heavy atom. The zero-order valence-corrected chi connectivity index (χ0v) is 20.0. The summed E-state index contributed by atoms with van der Waals surface area (Å²) in [6.07, 6.45) is 1.25. The first-order chi connectivity index (χ1) is 13.8. The van der Waals surface area contributed by atoms with Gasteiger partial charge in [0.1, 0.15) is 5.75 Å². The summed E-state index contributed by atoms with van der Waals surface area (Å²) in [7, 11) is 0. The van der Waals surface area contributed by atoms with E-state index in [9.17, 15) is 4.79 Å². The zero-order chi connectivity index (χ0) is 22.6. The summed E-state index contributed by atoms with van der Waals surface area (Å²) in [5, 5.41) is 0. The van der Waals surface area contributed by atoms with Crippen LogP contribution in [0.1, 0.15) is 100 Å². The van der Waals surface area contributed by atoms with E-state index in [0.29, 0.717) is 12.5 Å². The van der Waals surface area contributed by atoms with Crippen LogP contribution in [0.25, 0.3) is 5.57 Å². The summed E-state index contributed by atoms with van der Waals surface area (Å²) in [5.74, 6) is 1.40. The second kappa shape index (κ2) is 13.8. The molecule has 0 fully saturated rings. The molecule has 0 aromatic heterocycles. The molecule has 2 rings (SSSR count). The molecule has 160 valence electrons. The standard InChI is InChI=1S/C22H26O2.C3H8.C2H6/c1-7-24-22-12-15(4)21(13-20(22)14(2)3)16(5)18-8-10-19(11-9-18)17(6)23;1-3-2;1-2/h8-14H,5,7H2,1-4,6H3;3H2,1-2H3;1-2H3. The van der Waals surface area contributed by atoms with Crippen LogP contribution in [-0.4, -0.2) is 12.4 Å². The number of hydrogen-bond donors (Lipinski definition) is 0. The van der Waals surface area contributed by atoms with Crippen molar-refractivity contribution >= 4 is 11.4 Å². The van der Waals surface area contributed by atoms with E-state index in [2.05, 4.69) is 53.3 Å². The van der Waals surface area contributed by atoms with Gasteiger partial charge in [-0.3, -0.25) is 4.79 Å². The van der Waals surface area contributed by atoms with Crippen molar-refractivity contribution < 1.29 is 9.53 Å². The molecule has 2 heteroatoms. The van der Waals surface area contributed by atoms with Crippen molar-refractivity contribution in [2.45, 2.75) is 74.7 Å². The van der Waals surface area contributed by atoms with Gasteiger partial charge in [0.15, 0.2) is 5.78 Å². The summed E-state index contributed by atoms with van der Waals surface area (Å²) >= 11 is 0. The van der Waals surface area contributed by atoms with Crippen LogP contribution in [-0.2, 0) is 0 Å². The Balaban J connectivity index is 0.00000143. The molecule has 0 amide bonds. The number of carbonyl (C=O) groups excluding carboxylic acids is 1. The lowest BCUT2D eigenvalue weighted by atomic mass is 9.90. The van der Waals surface area contributed by atoms with Crippen molar-refractivity contribution in [1.29, 1.82) is 0 Å². The van der Waals surface area contributed by atoms with Crippen molar-refractivity contribution in [1.82, 2.24) is 0 Å². The number of benzene rings is 2. The van der Waals surface area contributed by atoms with Gasteiger partial charge in [-0.05, 0) is 66.6 Å². The molecule has 0 N–H and O–H groups in total. The number of ketones is 1. The molecule has 0 bridgehead atoms. The quantitative estimate of drug-likeness (QED) is 0.460. The predicted molar refractivity (Wildman–Crippen MR) is 128 cm³/mol. The molecular formula is C27H40O2. The van der Waals surface area contributed by atoms with E-state index in [1.807, 2.05) is 45.0 Å². The Hall–Kier alpha value is -2.35. The minimum absolute atomic E-state index is 0.0755. The summed E-state index contributed by atoms with van der Waals surface area (Å²) in [6, 6.07) is 11.9. The lowest BCUT2D eigenvalue weighted by Gasteiger charge is -2.18. The highest BCUT2D eigenvalue weighted by Gasteiger charge is 2.14. The van der Waals surface area contributed by atoms with Gasteiger partial charge in [-0.25, -0.2) is 0 Å². The maximum Gasteiger partial charge on any atom is 0.159 e. The summed E-state index contributed by atoms with van der Waals surface area (Å²) in [4.78, 5) is 11.4. The van der Waals surface area contributed by atoms with Gasteiger partial charge >= 0.3 is 0 Å². The molecule has 2 aromatic carbocycles. The van der Waals surface area contributed by atoms with Crippen LogP contribution in [0.15, 0.2) is 43.0 Å². The Bertz CT molecular complexity index is 768. The fraction of sp³-hybridized carbons (Fsp3) is 0.444. The molecule has 2 nitrogen and oxygen atoms in total. The third-order valence-corrected chi connectivity index (χ3v) is 4.24. The van der Waals surface area contributed by atoms with Gasteiger partial charge in [0.25, 0.3) is 0 Å². The van der Waals surface area contributed by atoms with Gasteiger partial charge in [0, 0.05) is 5.56 Å². The largest absolute Gasteiger partial charge is 0.494 e. The van der Waals surface area contributed by atoms with Crippen molar-refractivity contribution in [3.63, 3.8) is 0 Å². The fourth-order valence-electron chi connectivity index (χ4n) is 2.82. The van der Waals surface area contributed by atoms with E-state index < -0.39 is 0 Å². The van der Waals surface area contributed by atoms with Crippen LogP contribution in [0.4, 0.5) is 0 Å². The number of carbonyl (C=O) groups is 1. The maximum atomic E-state index is 11.4. The van der Waals surface area contributed by atoms with Crippen LogP contribution in [0.2, 0.25) is 0 Å². The van der Waals surface area contributed by atoms with E-state index in [4.69, 9.17) is 4.74 Å². The third-order valence-electron chi connectivity index (χ3n) is 4.24. The number of hydrogen-bond acceptors (Lipinski definition) is 2. The molecule has 0 radical (unpaired) electrons. The molecule has 0 spiro atoms. The van der Waals surface area contributed by atoms with Gasteiger partial charge in [-0.2, -0.15) is 0 Å². The first-order valence-electron chi connectivity index (χ1n) is 10.8. The smallest absolute Gasteiger partial charge is 0.159 e. The van der Waals surface area contributed by atoms with Gasteiger partial charge in [0.2, 0.25) is 0 Å². The molecule has 0 aliphatic heterocycles. The highest BCUT2D eigenvalue weighted by Crippen LogP contribution is 2.34. The van der Waals surface area contributed by atoms with E-state index >= 15 is 0 Å². The average molecular weight is 397 g/mol. The first-order valence-corrected chi connectivity index (χ1v) is 10.8. The Labute approximate surface area is 179 Å². The monoisotopic (exact) mass is 396 g/mol. The third kappa shape index (κ3) is 7.89. The number of aryl methyl sites for hydroxylation is 1. The molecule has 0 saturated heterocycles. The van der Waals surface area contributed by atoms with Crippen LogP contribution < -0.4 is 4.74 Å². The van der Waals surface area contributed by atoms with Gasteiger partial charge < -0.3 is 4.74 Å². The van der Waals surface area contributed by atoms with E-state index in [-0.39, 0.29) is 5.78 Å². The normalized spacial score (nSPS) is 9.72. The zero-order valence-electron chi connectivity index (χ0n) is 20.0. The minimum Gasteiger partial charge on any atom is -0.494 e. The minimum atomic E-state index is 0.0755. The highest BCUT2D eigenvalue weighted by molar-refractivity contribution is 5.94. The Morgan fingerprint density at radius 3 is 1.90 bits per heavy atom. The second-order valence-electron chi connectivity index (χ2n) is 7.11. The van der Waals surface area contributed by atoms with Crippen LogP contribution in [0.3, 0.4) is 0 Å². The lowest BCUT2D eigenvalue weighted by molar-refractivity contribution is 0.101. The van der Waals surface area contributed by atoms with Crippen molar-refractivity contribution in [3.05, 3.63) is 70.8 Å². The molecule has 0 unspecified atom stereocenters.